The first-order chi connectivity index (χ1) is 14.1. The molecule has 1 fully saturated rings. The molecule has 29 heavy (non-hydrogen) atoms. The van der Waals surface area contributed by atoms with Crippen LogP contribution in [-0.2, 0) is 0 Å². The van der Waals surface area contributed by atoms with Crippen molar-refractivity contribution in [2.24, 2.45) is 5.73 Å². The van der Waals surface area contributed by atoms with Gasteiger partial charge in [-0.15, -0.1) is 0 Å². The molecule has 6 nitrogen and oxygen atoms in total. The Labute approximate surface area is 170 Å². The lowest BCUT2D eigenvalue weighted by atomic mass is 9.92. The van der Waals surface area contributed by atoms with Gasteiger partial charge in [0.1, 0.15) is 17.3 Å². The normalized spacial score (nSPS) is 14.5. The summed E-state index contributed by atoms with van der Waals surface area (Å²) in [7, 11) is 0. The van der Waals surface area contributed by atoms with Gasteiger partial charge in [-0.25, -0.2) is 0 Å². The second-order valence-electron chi connectivity index (χ2n) is 7.24. The first kappa shape index (κ1) is 19.0. The van der Waals surface area contributed by atoms with Gasteiger partial charge in [-0.05, 0) is 68.4 Å². The molecule has 0 unspecified atom stereocenters. The summed E-state index contributed by atoms with van der Waals surface area (Å²) in [6.45, 7) is 1.95. The molecule has 0 atom stereocenters. The van der Waals surface area contributed by atoms with Crippen molar-refractivity contribution in [1.82, 2.24) is 10.3 Å². The van der Waals surface area contributed by atoms with E-state index in [2.05, 4.69) is 5.32 Å². The Morgan fingerprint density at radius 1 is 1.00 bits per heavy atom. The number of hydrogen-bond acceptors (Lipinski definition) is 5. The predicted octanol–water partition coefficient (Wildman–Crippen LogP) is 3.87. The highest BCUT2D eigenvalue weighted by molar-refractivity contribution is 6.05. The molecule has 0 amide bonds. The number of rotatable bonds is 5. The second-order valence-corrected chi connectivity index (χ2v) is 7.24. The fraction of sp³-hybridized carbons (Fsp3) is 0.217. The minimum absolute atomic E-state index is 0.0773. The van der Waals surface area contributed by atoms with Gasteiger partial charge >= 0.3 is 0 Å². The number of piperidine rings is 1. The van der Waals surface area contributed by atoms with E-state index in [1.54, 1.807) is 0 Å². The summed E-state index contributed by atoms with van der Waals surface area (Å²) < 4.78 is 5.87. The number of nitrogen functional groups attached to an aromatic ring is 2. The molecule has 6 heteroatoms. The molecule has 0 radical (unpaired) electrons. The van der Waals surface area contributed by atoms with E-state index in [1.807, 2.05) is 60.7 Å². The van der Waals surface area contributed by atoms with Crippen molar-refractivity contribution in [2.75, 3.05) is 18.8 Å². The molecule has 3 aromatic rings. The van der Waals surface area contributed by atoms with Gasteiger partial charge in [-0.3, -0.25) is 10.4 Å². The summed E-state index contributed by atoms with van der Waals surface area (Å²) in [5.41, 5.74) is 15.6. The van der Waals surface area contributed by atoms with Crippen LogP contribution in [0.5, 0.6) is 11.5 Å². The summed E-state index contributed by atoms with van der Waals surface area (Å²) in [4.78, 5) is 4.89. The van der Waals surface area contributed by atoms with Gasteiger partial charge in [0.25, 0.3) is 0 Å². The van der Waals surface area contributed by atoms with Gasteiger partial charge in [0.05, 0.1) is 11.3 Å². The minimum Gasteiger partial charge on any atom is -0.457 e. The molecule has 1 aromatic heterocycles. The van der Waals surface area contributed by atoms with Gasteiger partial charge in [0.2, 0.25) is 0 Å². The first-order valence-corrected chi connectivity index (χ1v) is 9.80. The van der Waals surface area contributed by atoms with E-state index in [1.165, 1.54) is 0 Å². The molecule has 0 bridgehead atoms. The summed E-state index contributed by atoms with van der Waals surface area (Å²) in [5, 5.41) is 11.4. The Morgan fingerprint density at radius 2 is 1.66 bits per heavy atom. The fourth-order valence-electron chi connectivity index (χ4n) is 3.71. The number of aromatic nitrogens is 1. The van der Waals surface area contributed by atoms with E-state index >= 15 is 0 Å². The van der Waals surface area contributed by atoms with E-state index < -0.39 is 0 Å². The lowest BCUT2D eigenvalue weighted by Gasteiger charge is -2.24. The van der Waals surface area contributed by atoms with Crippen LogP contribution in [0.4, 0.5) is 5.69 Å². The Balaban J connectivity index is 1.68. The molecule has 1 aliphatic rings. The van der Waals surface area contributed by atoms with Crippen LogP contribution < -0.4 is 21.5 Å². The number of nitrogens with zero attached hydrogens (tertiary/aromatic N) is 1. The zero-order valence-electron chi connectivity index (χ0n) is 16.2. The zero-order valence-corrected chi connectivity index (χ0v) is 16.2. The molecule has 0 spiro atoms. The summed E-state index contributed by atoms with van der Waals surface area (Å²) >= 11 is 0. The van der Waals surface area contributed by atoms with Gasteiger partial charge in [-0.1, -0.05) is 18.2 Å². The average Bonchev–Trinajstić information content (AvgIpc) is 2.75. The number of benzene rings is 2. The minimum atomic E-state index is -0.0773. The summed E-state index contributed by atoms with van der Waals surface area (Å²) in [6.07, 6.45) is 2.05. The molecule has 1 aliphatic heterocycles. The van der Waals surface area contributed by atoms with E-state index in [0.717, 1.165) is 48.7 Å². The van der Waals surface area contributed by atoms with Crippen LogP contribution in [0.25, 0.3) is 11.3 Å². The molecule has 2 heterocycles. The van der Waals surface area contributed by atoms with Crippen LogP contribution in [-0.4, -0.2) is 23.9 Å². The third-order valence-corrected chi connectivity index (χ3v) is 5.20. The highest BCUT2D eigenvalue weighted by Crippen LogP contribution is 2.33. The molecule has 0 aliphatic carbocycles. The first-order valence-electron chi connectivity index (χ1n) is 9.80. The molecule has 1 saturated heterocycles. The highest BCUT2D eigenvalue weighted by atomic mass is 16.5. The van der Waals surface area contributed by atoms with Gasteiger partial charge in [0, 0.05) is 22.9 Å². The summed E-state index contributed by atoms with van der Waals surface area (Å²) in [6, 6.07) is 19.1. The van der Waals surface area contributed by atoms with Crippen molar-refractivity contribution in [3.05, 3.63) is 71.9 Å². The maximum atomic E-state index is 8.00. The van der Waals surface area contributed by atoms with E-state index in [4.69, 9.17) is 26.6 Å². The van der Waals surface area contributed by atoms with Crippen LogP contribution in [0.2, 0.25) is 0 Å². The molecule has 2 aromatic carbocycles. The van der Waals surface area contributed by atoms with Crippen molar-refractivity contribution in [3.63, 3.8) is 0 Å². The van der Waals surface area contributed by atoms with Gasteiger partial charge < -0.3 is 21.5 Å². The SMILES string of the molecule is N=C(N)c1c(N)cc(C2CCNCC2)nc1-c1ccc(Oc2ccccc2)cc1. The van der Waals surface area contributed by atoms with Crippen molar-refractivity contribution in [3.8, 4) is 22.8 Å². The largest absolute Gasteiger partial charge is 0.457 e. The maximum absolute atomic E-state index is 8.00. The number of para-hydroxylation sites is 1. The highest BCUT2D eigenvalue weighted by Gasteiger charge is 2.21. The Kier molecular flexibility index (Phi) is 5.44. The molecule has 0 saturated carbocycles. The monoisotopic (exact) mass is 387 g/mol. The lowest BCUT2D eigenvalue weighted by Crippen LogP contribution is -2.27. The van der Waals surface area contributed by atoms with Crippen LogP contribution in [0, 0.1) is 5.41 Å². The second kappa shape index (κ2) is 8.32. The zero-order chi connectivity index (χ0) is 20.2. The van der Waals surface area contributed by atoms with Crippen molar-refractivity contribution in [1.29, 1.82) is 5.41 Å². The third kappa shape index (κ3) is 4.22. The van der Waals surface area contributed by atoms with Crippen LogP contribution >= 0.6 is 0 Å². The van der Waals surface area contributed by atoms with Crippen molar-refractivity contribution in [2.45, 2.75) is 18.8 Å². The van der Waals surface area contributed by atoms with Gasteiger partial charge in [-0.2, -0.15) is 0 Å². The molecule has 6 N–H and O–H groups in total. The van der Waals surface area contributed by atoms with Crippen LogP contribution in [0.1, 0.15) is 30.0 Å². The topological polar surface area (TPSA) is 110 Å². The molecule has 148 valence electrons. The third-order valence-electron chi connectivity index (χ3n) is 5.20. The fourth-order valence-corrected chi connectivity index (χ4v) is 3.71. The molecular formula is C23H25N5O. The molecular weight excluding hydrogens is 362 g/mol. The van der Waals surface area contributed by atoms with E-state index in [-0.39, 0.29) is 5.84 Å². The quantitative estimate of drug-likeness (QED) is 0.392. The number of anilines is 1. The summed E-state index contributed by atoms with van der Waals surface area (Å²) in [5.74, 6) is 1.79. The van der Waals surface area contributed by atoms with Crippen molar-refractivity contribution < 1.29 is 4.74 Å². The Bertz CT molecular complexity index is 996. The Hall–Kier alpha value is -3.38. The maximum Gasteiger partial charge on any atom is 0.127 e. The number of pyridine rings is 1. The number of nitrogens with one attached hydrogen (secondary N) is 2. The van der Waals surface area contributed by atoms with Crippen LogP contribution in [0.15, 0.2) is 60.7 Å². The molecule has 4 rings (SSSR count). The standard InChI is InChI=1S/C23H25N5O/c24-19-14-20(15-10-12-27-13-11-15)28-22(21(19)23(25)26)16-6-8-18(9-7-16)29-17-4-2-1-3-5-17/h1-9,14-15,27H,10-13H2,(H2,24,28)(H3,25,26). The average molecular weight is 387 g/mol. The lowest BCUT2D eigenvalue weighted by molar-refractivity contribution is 0.453. The number of amidine groups is 1. The number of nitrogens with two attached hydrogens (primary N) is 2. The predicted molar refractivity (Wildman–Crippen MR) is 116 cm³/mol. The number of hydrogen-bond donors (Lipinski definition) is 4. The number of ether oxygens (including phenoxy) is 1. The van der Waals surface area contributed by atoms with E-state index in [9.17, 15) is 0 Å². The van der Waals surface area contributed by atoms with Gasteiger partial charge in [0.15, 0.2) is 0 Å². The van der Waals surface area contributed by atoms with E-state index in [0.29, 0.717) is 22.9 Å². The smallest absolute Gasteiger partial charge is 0.127 e. The van der Waals surface area contributed by atoms with Crippen molar-refractivity contribution >= 4 is 11.5 Å². The Morgan fingerprint density at radius 3 is 2.31 bits per heavy atom. The van der Waals surface area contributed by atoms with Crippen LogP contribution in [0.3, 0.4) is 0 Å².